The molecule has 1 saturated heterocycles. The molecule has 1 heterocycles. The van der Waals surface area contributed by atoms with Crippen molar-refractivity contribution in [2.24, 2.45) is 5.92 Å². The lowest BCUT2D eigenvalue weighted by Gasteiger charge is -2.29. The van der Waals surface area contributed by atoms with E-state index < -0.39 is 11.9 Å². The van der Waals surface area contributed by atoms with Gasteiger partial charge < -0.3 is 15.3 Å². The van der Waals surface area contributed by atoms with Crippen LogP contribution in [-0.2, 0) is 9.59 Å². The molecule has 0 saturated carbocycles. The Balaban J connectivity index is 2.26. The Kier molecular flexibility index (Phi) is 3.74. The summed E-state index contributed by atoms with van der Waals surface area (Å²) in [5, 5.41) is 11.9. The molecule has 1 aromatic rings. The molecule has 1 amide bonds. The number of piperidine rings is 1. The number of hydrogen-bond acceptors (Lipinski definition) is 3. The first-order valence-corrected chi connectivity index (χ1v) is 6.26. The first-order valence-electron chi connectivity index (χ1n) is 6.26. The lowest BCUT2D eigenvalue weighted by molar-refractivity contribution is -0.144. The first-order chi connectivity index (χ1) is 8.99. The number of carboxylic acids is 1. The van der Waals surface area contributed by atoms with Crippen LogP contribution in [0.3, 0.4) is 0 Å². The number of rotatable bonds is 3. The van der Waals surface area contributed by atoms with Crippen LogP contribution >= 0.6 is 0 Å². The molecule has 0 bridgehead atoms. The molecule has 1 aliphatic rings. The molecule has 5 nitrogen and oxygen atoms in total. The number of nitrogens with zero attached hydrogens (tertiary/aromatic N) is 1. The van der Waals surface area contributed by atoms with Crippen molar-refractivity contribution in [3.05, 3.63) is 29.8 Å². The molecule has 2 N–H and O–H groups in total. The van der Waals surface area contributed by atoms with Gasteiger partial charge in [0.25, 0.3) is 0 Å². The highest BCUT2D eigenvalue weighted by Crippen LogP contribution is 2.31. The van der Waals surface area contributed by atoms with Crippen molar-refractivity contribution < 1.29 is 14.7 Å². The number of nitrogens with one attached hydrogen (secondary N) is 1. The summed E-state index contributed by atoms with van der Waals surface area (Å²) in [6, 6.07) is 7.71. The second-order valence-electron chi connectivity index (χ2n) is 5.05. The van der Waals surface area contributed by atoms with E-state index in [1.807, 2.05) is 43.3 Å². The molecule has 5 heteroatoms. The molecular formula is C14H18N2O3. The van der Waals surface area contributed by atoms with Gasteiger partial charge in [-0.05, 0) is 17.7 Å². The van der Waals surface area contributed by atoms with E-state index in [9.17, 15) is 14.7 Å². The van der Waals surface area contributed by atoms with E-state index in [2.05, 4.69) is 5.32 Å². The summed E-state index contributed by atoms with van der Waals surface area (Å²) in [5.41, 5.74) is 1.96. The molecule has 2 atom stereocenters. The van der Waals surface area contributed by atoms with Gasteiger partial charge in [-0.1, -0.05) is 12.1 Å². The van der Waals surface area contributed by atoms with Crippen molar-refractivity contribution >= 4 is 17.6 Å². The predicted octanol–water partition coefficient (Wildman–Crippen LogP) is 1.06. The number of hydrogen-bond donors (Lipinski definition) is 2. The average molecular weight is 262 g/mol. The Labute approximate surface area is 112 Å². The highest BCUT2D eigenvalue weighted by atomic mass is 16.4. The molecule has 19 heavy (non-hydrogen) atoms. The lowest BCUT2D eigenvalue weighted by atomic mass is 9.81. The van der Waals surface area contributed by atoms with Crippen molar-refractivity contribution in [3.63, 3.8) is 0 Å². The smallest absolute Gasteiger partial charge is 0.308 e. The number of carboxylic acid groups (broad SMARTS) is 1. The molecule has 0 radical (unpaired) electrons. The zero-order chi connectivity index (χ0) is 14.0. The summed E-state index contributed by atoms with van der Waals surface area (Å²) in [4.78, 5) is 24.7. The van der Waals surface area contributed by atoms with Crippen LogP contribution in [0.15, 0.2) is 24.3 Å². The van der Waals surface area contributed by atoms with E-state index in [-0.39, 0.29) is 24.8 Å². The summed E-state index contributed by atoms with van der Waals surface area (Å²) in [6.07, 6.45) is 0.234. The predicted molar refractivity (Wildman–Crippen MR) is 72.3 cm³/mol. The minimum atomic E-state index is -0.860. The van der Waals surface area contributed by atoms with Crippen LogP contribution in [-0.4, -0.2) is 37.6 Å². The Morgan fingerprint density at radius 3 is 2.47 bits per heavy atom. The van der Waals surface area contributed by atoms with Gasteiger partial charge in [0.1, 0.15) is 0 Å². The van der Waals surface area contributed by atoms with Gasteiger partial charge in [0.2, 0.25) is 5.91 Å². The number of aliphatic carboxylic acids is 1. The van der Waals surface area contributed by atoms with Crippen LogP contribution in [0.5, 0.6) is 0 Å². The molecule has 2 rings (SSSR count). The first kappa shape index (κ1) is 13.4. The van der Waals surface area contributed by atoms with E-state index in [0.717, 1.165) is 11.3 Å². The number of benzene rings is 1. The van der Waals surface area contributed by atoms with Gasteiger partial charge in [0.05, 0.1) is 5.92 Å². The fraction of sp³-hybridized carbons (Fsp3) is 0.429. The second kappa shape index (κ2) is 5.30. The molecule has 102 valence electrons. The van der Waals surface area contributed by atoms with Crippen LogP contribution in [0.2, 0.25) is 0 Å². The fourth-order valence-corrected chi connectivity index (χ4v) is 2.41. The number of anilines is 1. The van der Waals surface area contributed by atoms with Gasteiger partial charge in [0, 0.05) is 38.7 Å². The van der Waals surface area contributed by atoms with Gasteiger partial charge in [-0.3, -0.25) is 9.59 Å². The summed E-state index contributed by atoms with van der Waals surface area (Å²) in [7, 11) is 3.90. The van der Waals surface area contributed by atoms with Gasteiger partial charge >= 0.3 is 5.97 Å². The Bertz CT molecular complexity index is 482. The summed E-state index contributed by atoms with van der Waals surface area (Å²) < 4.78 is 0. The van der Waals surface area contributed by atoms with Crippen molar-refractivity contribution in [2.45, 2.75) is 12.3 Å². The van der Waals surface area contributed by atoms with Crippen LogP contribution in [0, 0.1) is 5.92 Å². The number of carbonyl (C=O) groups is 2. The van der Waals surface area contributed by atoms with E-state index in [4.69, 9.17) is 0 Å². The third-order valence-electron chi connectivity index (χ3n) is 3.56. The van der Waals surface area contributed by atoms with Crippen LogP contribution in [0.4, 0.5) is 5.69 Å². The van der Waals surface area contributed by atoms with Gasteiger partial charge in [-0.25, -0.2) is 0 Å². The zero-order valence-corrected chi connectivity index (χ0v) is 11.1. The molecule has 1 aromatic carbocycles. The molecule has 1 aliphatic heterocycles. The highest BCUT2D eigenvalue weighted by molar-refractivity contribution is 5.82. The van der Waals surface area contributed by atoms with Crippen molar-refractivity contribution in [1.29, 1.82) is 0 Å². The average Bonchev–Trinajstić information content (AvgIpc) is 2.38. The normalized spacial score (nSPS) is 22.7. The van der Waals surface area contributed by atoms with E-state index in [0.29, 0.717) is 0 Å². The van der Waals surface area contributed by atoms with Crippen LogP contribution in [0.25, 0.3) is 0 Å². The Morgan fingerprint density at radius 2 is 1.95 bits per heavy atom. The fourth-order valence-electron chi connectivity index (χ4n) is 2.41. The number of carbonyl (C=O) groups excluding carboxylic acids is 1. The molecule has 0 aliphatic carbocycles. The van der Waals surface area contributed by atoms with Crippen molar-refractivity contribution in [2.75, 3.05) is 25.5 Å². The maximum atomic E-state index is 11.5. The lowest BCUT2D eigenvalue weighted by Crippen LogP contribution is -2.43. The van der Waals surface area contributed by atoms with E-state index >= 15 is 0 Å². The second-order valence-corrected chi connectivity index (χ2v) is 5.05. The highest BCUT2D eigenvalue weighted by Gasteiger charge is 2.35. The van der Waals surface area contributed by atoms with Crippen molar-refractivity contribution in [3.8, 4) is 0 Å². The van der Waals surface area contributed by atoms with E-state index in [1.165, 1.54) is 0 Å². The monoisotopic (exact) mass is 262 g/mol. The maximum Gasteiger partial charge on any atom is 0.308 e. The molecular weight excluding hydrogens is 244 g/mol. The molecule has 0 aromatic heterocycles. The Hall–Kier alpha value is -2.04. The van der Waals surface area contributed by atoms with Gasteiger partial charge in [-0.15, -0.1) is 0 Å². The van der Waals surface area contributed by atoms with E-state index in [1.54, 1.807) is 0 Å². The zero-order valence-electron chi connectivity index (χ0n) is 11.1. The maximum absolute atomic E-state index is 11.5. The summed E-state index contributed by atoms with van der Waals surface area (Å²) in [5.74, 6) is -1.74. The number of amides is 1. The largest absolute Gasteiger partial charge is 0.481 e. The molecule has 1 fully saturated rings. The summed E-state index contributed by atoms with van der Waals surface area (Å²) >= 11 is 0. The minimum Gasteiger partial charge on any atom is -0.481 e. The third-order valence-corrected chi connectivity index (χ3v) is 3.56. The Morgan fingerprint density at radius 1 is 1.32 bits per heavy atom. The molecule has 2 unspecified atom stereocenters. The quantitative estimate of drug-likeness (QED) is 0.854. The topological polar surface area (TPSA) is 69.6 Å². The minimum absolute atomic E-state index is 0.0841. The summed E-state index contributed by atoms with van der Waals surface area (Å²) in [6.45, 7) is 0.203. The van der Waals surface area contributed by atoms with Crippen molar-refractivity contribution in [1.82, 2.24) is 5.32 Å². The van der Waals surface area contributed by atoms with Gasteiger partial charge in [-0.2, -0.15) is 0 Å². The van der Waals surface area contributed by atoms with Gasteiger partial charge in [0.15, 0.2) is 0 Å². The standard InChI is InChI=1S/C14H18N2O3/c1-16(2)10-5-3-9(4-6-10)11-7-13(17)15-8-12(11)14(18)19/h3-6,11-12H,7-8H2,1-2H3,(H,15,17)(H,18,19). The van der Waals surface area contributed by atoms with Crippen LogP contribution < -0.4 is 10.2 Å². The SMILES string of the molecule is CN(C)c1ccc(C2CC(=O)NCC2C(=O)O)cc1. The molecule has 0 spiro atoms. The van der Waals surface area contributed by atoms with Crippen LogP contribution in [0.1, 0.15) is 17.9 Å². The third kappa shape index (κ3) is 2.86.